The van der Waals surface area contributed by atoms with Gasteiger partial charge in [0.15, 0.2) is 4.34 Å². The number of hydrogen-bond acceptors (Lipinski definition) is 5. The normalized spacial score (nSPS) is 14.2. The Morgan fingerprint density at radius 3 is 2.80 bits per heavy atom. The fourth-order valence-corrected chi connectivity index (χ4v) is 3.65. The number of amides is 1. The van der Waals surface area contributed by atoms with E-state index in [4.69, 9.17) is 11.6 Å². The van der Waals surface area contributed by atoms with Gasteiger partial charge in [-0.2, -0.15) is 0 Å². The summed E-state index contributed by atoms with van der Waals surface area (Å²) in [6.45, 7) is 0. The van der Waals surface area contributed by atoms with Crippen LogP contribution in [-0.2, 0) is 0 Å². The maximum Gasteiger partial charge on any atom is 0.257 e. The molecule has 1 heterocycles. The first-order valence-electron chi connectivity index (χ1n) is 6.24. The van der Waals surface area contributed by atoms with Gasteiger partial charge in [0.1, 0.15) is 0 Å². The molecule has 0 radical (unpaired) electrons. The largest absolute Gasteiger partial charge is 0.296 e. The van der Waals surface area contributed by atoms with Gasteiger partial charge in [-0.1, -0.05) is 34.7 Å². The van der Waals surface area contributed by atoms with Crippen LogP contribution in [0.4, 0.5) is 5.13 Å². The minimum absolute atomic E-state index is 0.198. The van der Waals surface area contributed by atoms with E-state index >= 15 is 0 Å². The van der Waals surface area contributed by atoms with Crippen molar-refractivity contribution >= 4 is 45.7 Å². The van der Waals surface area contributed by atoms with Gasteiger partial charge in [0.25, 0.3) is 5.91 Å². The average molecular weight is 326 g/mol. The number of carbonyl (C=O) groups excluding carboxylic acids is 1. The van der Waals surface area contributed by atoms with Crippen LogP contribution < -0.4 is 5.32 Å². The molecule has 0 aliphatic heterocycles. The van der Waals surface area contributed by atoms with E-state index in [2.05, 4.69) is 15.5 Å². The van der Waals surface area contributed by atoms with Crippen molar-refractivity contribution in [1.29, 1.82) is 0 Å². The van der Waals surface area contributed by atoms with Crippen LogP contribution in [0.3, 0.4) is 0 Å². The molecule has 104 valence electrons. The lowest BCUT2D eigenvalue weighted by Crippen LogP contribution is -2.11. The number of halogens is 1. The van der Waals surface area contributed by atoms with Crippen molar-refractivity contribution in [2.45, 2.75) is 17.2 Å². The van der Waals surface area contributed by atoms with E-state index in [0.717, 1.165) is 16.0 Å². The lowest BCUT2D eigenvalue weighted by atomic mass is 10.2. The molecule has 4 nitrogen and oxygen atoms in total. The Hall–Kier alpha value is -1.11. The molecule has 1 aromatic heterocycles. The lowest BCUT2D eigenvalue weighted by Gasteiger charge is -2.00. The van der Waals surface area contributed by atoms with Crippen molar-refractivity contribution in [3.63, 3.8) is 0 Å². The predicted molar refractivity (Wildman–Crippen MR) is 82.8 cm³/mol. The molecule has 0 bridgehead atoms. The molecule has 1 aliphatic rings. The number of thioether (sulfide) groups is 1. The molecule has 1 aliphatic carbocycles. The van der Waals surface area contributed by atoms with Gasteiger partial charge in [0.2, 0.25) is 5.13 Å². The maximum atomic E-state index is 12.0. The molecule has 0 atom stereocenters. The summed E-state index contributed by atoms with van der Waals surface area (Å²) in [5.74, 6) is 1.74. The maximum absolute atomic E-state index is 12.0. The Kier molecular flexibility index (Phi) is 4.24. The Balaban J connectivity index is 1.58. The topological polar surface area (TPSA) is 54.9 Å². The second-order valence-electron chi connectivity index (χ2n) is 4.59. The highest BCUT2D eigenvalue weighted by molar-refractivity contribution is 8.01. The zero-order chi connectivity index (χ0) is 13.9. The van der Waals surface area contributed by atoms with Gasteiger partial charge in [-0.25, -0.2) is 0 Å². The molecule has 0 saturated heterocycles. The summed E-state index contributed by atoms with van der Waals surface area (Å²) in [6.07, 6.45) is 2.65. The van der Waals surface area contributed by atoms with Gasteiger partial charge >= 0.3 is 0 Å². The van der Waals surface area contributed by atoms with Crippen LogP contribution in [0.25, 0.3) is 0 Å². The third kappa shape index (κ3) is 3.71. The molecular formula is C13H12ClN3OS2. The third-order valence-electron chi connectivity index (χ3n) is 2.87. The Labute approximate surface area is 129 Å². The number of aromatic nitrogens is 2. The van der Waals surface area contributed by atoms with E-state index in [1.54, 1.807) is 36.0 Å². The average Bonchev–Trinajstić information content (AvgIpc) is 3.17. The summed E-state index contributed by atoms with van der Waals surface area (Å²) < 4.78 is 0.906. The zero-order valence-electron chi connectivity index (χ0n) is 10.5. The summed E-state index contributed by atoms with van der Waals surface area (Å²) in [4.78, 5) is 12.0. The monoisotopic (exact) mass is 325 g/mol. The highest BCUT2D eigenvalue weighted by Crippen LogP contribution is 2.36. The molecule has 1 amide bonds. The first kappa shape index (κ1) is 13.9. The van der Waals surface area contributed by atoms with Crippen LogP contribution in [0, 0.1) is 5.92 Å². The molecular weight excluding hydrogens is 314 g/mol. The number of carbonyl (C=O) groups is 1. The highest BCUT2D eigenvalue weighted by Gasteiger charge is 2.22. The van der Waals surface area contributed by atoms with Crippen LogP contribution in [0.15, 0.2) is 28.6 Å². The van der Waals surface area contributed by atoms with Gasteiger partial charge in [-0.15, -0.1) is 10.2 Å². The summed E-state index contributed by atoms with van der Waals surface area (Å²) in [5, 5.41) is 11.9. The Morgan fingerprint density at radius 2 is 2.10 bits per heavy atom. The standard InChI is InChI=1S/C13H12ClN3OS2/c14-10-5-3-9(4-6-10)11(18)15-12-16-17-13(20-12)19-7-8-1-2-8/h3-6,8H,1-2,7H2,(H,15,16,18). The van der Waals surface area contributed by atoms with Crippen LogP contribution in [0.2, 0.25) is 5.02 Å². The molecule has 1 N–H and O–H groups in total. The molecule has 7 heteroatoms. The third-order valence-corrected chi connectivity index (χ3v) is 5.33. The first-order valence-corrected chi connectivity index (χ1v) is 8.42. The number of anilines is 1. The van der Waals surface area contributed by atoms with Gasteiger partial charge in [-0.3, -0.25) is 10.1 Å². The van der Waals surface area contributed by atoms with Crippen molar-refractivity contribution < 1.29 is 4.79 Å². The molecule has 20 heavy (non-hydrogen) atoms. The van der Waals surface area contributed by atoms with Crippen molar-refractivity contribution in [3.8, 4) is 0 Å². The second-order valence-corrected chi connectivity index (χ2v) is 7.27. The number of benzene rings is 1. The second kappa shape index (κ2) is 6.11. The molecule has 1 fully saturated rings. The van der Waals surface area contributed by atoms with E-state index in [1.807, 2.05) is 0 Å². The van der Waals surface area contributed by atoms with Crippen molar-refractivity contribution in [3.05, 3.63) is 34.9 Å². The molecule has 0 unspecified atom stereocenters. The number of rotatable bonds is 5. The molecule has 1 saturated carbocycles. The van der Waals surface area contributed by atoms with Crippen molar-refractivity contribution in [2.75, 3.05) is 11.1 Å². The van der Waals surface area contributed by atoms with E-state index in [-0.39, 0.29) is 5.91 Å². The van der Waals surface area contributed by atoms with Crippen molar-refractivity contribution in [2.24, 2.45) is 5.92 Å². The SMILES string of the molecule is O=C(Nc1nnc(SCC2CC2)s1)c1ccc(Cl)cc1. The molecule has 3 rings (SSSR count). The summed E-state index contributed by atoms with van der Waals surface area (Å²) >= 11 is 8.91. The number of hydrogen-bond donors (Lipinski definition) is 1. The van der Waals surface area contributed by atoms with Crippen LogP contribution >= 0.6 is 34.7 Å². The summed E-state index contributed by atoms with van der Waals surface area (Å²) in [7, 11) is 0. The number of nitrogens with one attached hydrogen (secondary N) is 1. The van der Waals surface area contributed by atoms with Gasteiger partial charge in [0.05, 0.1) is 0 Å². The summed E-state index contributed by atoms with van der Waals surface area (Å²) in [5.41, 5.74) is 0.553. The van der Waals surface area contributed by atoms with E-state index in [1.165, 1.54) is 24.2 Å². The predicted octanol–water partition coefficient (Wildman–Crippen LogP) is 3.95. The lowest BCUT2D eigenvalue weighted by molar-refractivity contribution is 0.102. The van der Waals surface area contributed by atoms with Crippen LogP contribution in [-0.4, -0.2) is 21.9 Å². The Bertz CT molecular complexity index is 610. The van der Waals surface area contributed by atoms with Gasteiger partial charge in [-0.05, 0) is 43.0 Å². The summed E-state index contributed by atoms with van der Waals surface area (Å²) in [6, 6.07) is 6.74. The van der Waals surface area contributed by atoms with Crippen LogP contribution in [0.1, 0.15) is 23.2 Å². The smallest absolute Gasteiger partial charge is 0.257 e. The van der Waals surface area contributed by atoms with E-state index < -0.39 is 0 Å². The molecule has 1 aromatic carbocycles. The van der Waals surface area contributed by atoms with Crippen LogP contribution in [0.5, 0.6) is 0 Å². The zero-order valence-corrected chi connectivity index (χ0v) is 12.9. The quantitative estimate of drug-likeness (QED) is 0.668. The van der Waals surface area contributed by atoms with Gasteiger partial charge in [0, 0.05) is 16.3 Å². The molecule has 0 spiro atoms. The minimum Gasteiger partial charge on any atom is -0.296 e. The Morgan fingerprint density at radius 1 is 1.35 bits per heavy atom. The van der Waals surface area contributed by atoms with Crippen molar-refractivity contribution in [1.82, 2.24) is 10.2 Å². The fourth-order valence-electron chi connectivity index (χ4n) is 1.56. The fraction of sp³-hybridized carbons (Fsp3) is 0.308. The minimum atomic E-state index is -0.198. The first-order chi connectivity index (χ1) is 9.70. The van der Waals surface area contributed by atoms with E-state index in [9.17, 15) is 4.79 Å². The van der Waals surface area contributed by atoms with Gasteiger partial charge < -0.3 is 0 Å². The number of nitrogens with zero attached hydrogens (tertiary/aromatic N) is 2. The van der Waals surface area contributed by atoms with E-state index in [0.29, 0.717) is 15.7 Å². The molecule has 2 aromatic rings. The highest BCUT2D eigenvalue weighted by atomic mass is 35.5.